The summed E-state index contributed by atoms with van der Waals surface area (Å²) >= 11 is 0. The summed E-state index contributed by atoms with van der Waals surface area (Å²) in [6, 6.07) is 10.1. The summed E-state index contributed by atoms with van der Waals surface area (Å²) < 4.78 is 0. The Bertz CT molecular complexity index is 633. The lowest BCUT2D eigenvalue weighted by Gasteiger charge is -2.15. The molecule has 0 aliphatic rings. The second-order valence-corrected chi connectivity index (χ2v) is 6.70. The van der Waals surface area contributed by atoms with E-state index in [1.807, 2.05) is 51.1 Å². The number of phenolic OH excluding ortho intramolecular Hbond substituents is 1. The molecule has 0 aliphatic heterocycles. The molecule has 2 aromatic carbocycles. The fourth-order valence-electron chi connectivity index (χ4n) is 2.34. The summed E-state index contributed by atoms with van der Waals surface area (Å²) in [7, 11) is 0.346. The molecule has 2 rings (SSSR count). The molecule has 2 N–H and O–H groups in total. The van der Waals surface area contributed by atoms with Gasteiger partial charge in [0.25, 0.3) is 0 Å². The van der Waals surface area contributed by atoms with Gasteiger partial charge in [-0.25, -0.2) is 0 Å². The van der Waals surface area contributed by atoms with Gasteiger partial charge in [0.15, 0.2) is 0 Å². The molecule has 0 aliphatic carbocycles. The van der Waals surface area contributed by atoms with Gasteiger partial charge in [-0.15, -0.1) is 0 Å². The Morgan fingerprint density at radius 2 is 1.65 bits per heavy atom. The minimum Gasteiger partial charge on any atom is -0.507 e. The Morgan fingerprint density at radius 1 is 0.950 bits per heavy atom. The smallest absolute Gasteiger partial charge is 0.126 e. The number of aliphatic hydroxyl groups is 1. The van der Waals surface area contributed by atoms with E-state index in [1.54, 1.807) is 6.92 Å². The summed E-state index contributed by atoms with van der Waals surface area (Å²) in [5.74, 6) is 0.367. The molecule has 2 nitrogen and oxygen atoms in total. The van der Waals surface area contributed by atoms with Gasteiger partial charge in [-0.2, -0.15) is 0 Å². The maximum atomic E-state index is 10.2. The summed E-state index contributed by atoms with van der Waals surface area (Å²) in [4.78, 5) is 0. The lowest BCUT2D eigenvalue weighted by atomic mass is 10.1. The van der Waals surface area contributed by atoms with Gasteiger partial charge < -0.3 is 10.2 Å². The number of hydrogen-bond donors (Lipinski definition) is 2. The van der Waals surface area contributed by atoms with Crippen LogP contribution in [0, 0.1) is 20.8 Å². The third kappa shape index (κ3) is 3.20. The van der Waals surface area contributed by atoms with Crippen LogP contribution in [0.5, 0.6) is 5.75 Å². The Balaban J connectivity index is 2.45. The first-order valence-electron chi connectivity index (χ1n) is 6.74. The fraction of sp³-hybridized carbons (Fsp3) is 0.294. The molecule has 2 unspecified atom stereocenters. The Labute approximate surface area is 122 Å². The fourth-order valence-corrected chi connectivity index (χ4v) is 3.84. The molecule has 106 valence electrons. The maximum Gasteiger partial charge on any atom is 0.126 e. The van der Waals surface area contributed by atoms with Crippen LogP contribution in [0.4, 0.5) is 0 Å². The van der Waals surface area contributed by atoms with Crippen molar-refractivity contribution in [2.24, 2.45) is 0 Å². The zero-order valence-corrected chi connectivity index (χ0v) is 13.4. The average molecular weight is 288 g/mol. The molecule has 0 amide bonds. The topological polar surface area (TPSA) is 40.5 Å². The number of benzene rings is 2. The summed E-state index contributed by atoms with van der Waals surface area (Å²) in [6.45, 7) is 7.75. The standard InChI is InChI=1S/C17H21O2P/c1-10-5-6-15(14(8-10)13(4)18)20-16-9-11(2)7-12(3)17(16)19/h5-9,13,18-20H,1-4H3. The van der Waals surface area contributed by atoms with E-state index in [2.05, 4.69) is 0 Å². The predicted molar refractivity (Wildman–Crippen MR) is 87.0 cm³/mol. The molecular weight excluding hydrogens is 267 g/mol. The highest BCUT2D eigenvalue weighted by atomic mass is 31.1. The molecule has 0 saturated heterocycles. The van der Waals surface area contributed by atoms with Crippen LogP contribution in [0.25, 0.3) is 0 Å². The monoisotopic (exact) mass is 288 g/mol. The summed E-state index contributed by atoms with van der Waals surface area (Å²) in [5.41, 5.74) is 4.13. The van der Waals surface area contributed by atoms with Crippen molar-refractivity contribution in [3.63, 3.8) is 0 Å². The number of aryl methyl sites for hydroxylation is 3. The molecule has 2 aromatic rings. The van der Waals surface area contributed by atoms with E-state index in [0.29, 0.717) is 14.3 Å². The lowest BCUT2D eigenvalue weighted by Crippen LogP contribution is -2.12. The highest BCUT2D eigenvalue weighted by Crippen LogP contribution is 2.26. The molecule has 0 aromatic heterocycles. The maximum absolute atomic E-state index is 10.2. The van der Waals surface area contributed by atoms with Crippen LogP contribution in [-0.2, 0) is 0 Å². The number of aromatic hydroxyl groups is 1. The van der Waals surface area contributed by atoms with Gasteiger partial charge in [-0.05, 0) is 55.8 Å². The van der Waals surface area contributed by atoms with Crippen molar-refractivity contribution < 1.29 is 10.2 Å². The molecule has 0 heterocycles. The van der Waals surface area contributed by atoms with E-state index in [4.69, 9.17) is 0 Å². The molecule has 3 heteroatoms. The zero-order valence-electron chi connectivity index (χ0n) is 12.4. The molecule has 2 atom stereocenters. The van der Waals surface area contributed by atoms with E-state index in [1.165, 1.54) is 0 Å². The van der Waals surface area contributed by atoms with Crippen molar-refractivity contribution in [3.05, 3.63) is 52.6 Å². The molecule has 0 radical (unpaired) electrons. The van der Waals surface area contributed by atoms with Gasteiger partial charge in [-0.3, -0.25) is 0 Å². The number of phenols is 1. The van der Waals surface area contributed by atoms with Crippen molar-refractivity contribution in [1.82, 2.24) is 0 Å². The molecular formula is C17H21O2P. The van der Waals surface area contributed by atoms with Crippen LogP contribution in [0.15, 0.2) is 30.3 Å². The minimum absolute atomic E-state index is 0.346. The van der Waals surface area contributed by atoms with Crippen LogP contribution in [0.1, 0.15) is 35.3 Å². The van der Waals surface area contributed by atoms with Gasteiger partial charge in [0.1, 0.15) is 5.75 Å². The lowest BCUT2D eigenvalue weighted by molar-refractivity contribution is 0.200. The molecule has 0 bridgehead atoms. The zero-order chi connectivity index (χ0) is 14.9. The molecule has 20 heavy (non-hydrogen) atoms. The second kappa shape index (κ2) is 5.95. The minimum atomic E-state index is -0.495. The summed E-state index contributed by atoms with van der Waals surface area (Å²) in [6.07, 6.45) is -0.495. The summed E-state index contributed by atoms with van der Waals surface area (Å²) in [5, 5.41) is 22.2. The Kier molecular flexibility index (Phi) is 4.47. The Hall–Kier alpha value is -1.37. The molecule has 0 fully saturated rings. The first-order chi connectivity index (χ1) is 9.38. The SMILES string of the molecule is Cc1cc(C)c(O)c(Pc2ccc(C)cc2C(C)O)c1. The van der Waals surface area contributed by atoms with Gasteiger partial charge in [0.2, 0.25) is 0 Å². The van der Waals surface area contributed by atoms with Crippen LogP contribution in [0.3, 0.4) is 0 Å². The van der Waals surface area contributed by atoms with Gasteiger partial charge in [-0.1, -0.05) is 38.4 Å². The normalized spacial score (nSPS) is 13.1. The second-order valence-electron chi connectivity index (χ2n) is 5.37. The van der Waals surface area contributed by atoms with Crippen LogP contribution >= 0.6 is 8.58 Å². The van der Waals surface area contributed by atoms with Gasteiger partial charge >= 0.3 is 0 Å². The van der Waals surface area contributed by atoms with Gasteiger partial charge in [0.05, 0.1) is 6.10 Å². The Morgan fingerprint density at radius 3 is 2.30 bits per heavy atom. The highest BCUT2D eigenvalue weighted by Gasteiger charge is 2.12. The van der Waals surface area contributed by atoms with Crippen LogP contribution < -0.4 is 10.6 Å². The third-order valence-electron chi connectivity index (χ3n) is 3.37. The van der Waals surface area contributed by atoms with E-state index in [0.717, 1.165) is 32.9 Å². The average Bonchev–Trinajstić information content (AvgIpc) is 2.37. The van der Waals surface area contributed by atoms with Gasteiger partial charge in [0, 0.05) is 5.30 Å². The van der Waals surface area contributed by atoms with E-state index >= 15 is 0 Å². The van der Waals surface area contributed by atoms with Crippen LogP contribution in [0.2, 0.25) is 0 Å². The number of rotatable bonds is 3. The van der Waals surface area contributed by atoms with E-state index in [-0.39, 0.29) is 0 Å². The molecule has 0 saturated carbocycles. The van der Waals surface area contributed by atoms with E-state index < -0.39 is 6.10 Å². The van der Waals surface area contributed by atoms with Crippen LogP contribution in [-0.4, -0.2) is 10.2 Å². The molecule has 0 spiro atoms. The van der Waals surface area contributed by atoms with Crippen molar-refractivity contribution in [2.45, 2.75) is 33.8 Å². The predicted octanol–water partition coefficient (Wildman–Crippen LogP) is 3.00. The van der Waals surface area contributed by atoms with E-state index in [9.17, 15) is 10.2 Å². The number of aliphatic hydroxyl groups excluding tert-OH is 1. The van der Waals surface area contributed by atoms with Crippen molar-refractivity contribution in [2.75, 3.05) is 0 Å². The largest absolute Gasteiger partial charge is 0.507 e. The van der Waals surface area contributed by atoms with Crippen molar-refractivity contribution >= 4 is 19.2 Å². The number of hydrogen-bond acceptors (Lipinski definition) is 2. The third-order valence-corrected chi connectivity index (χ3v) is 4.75. The van der Waals surface area contributed by atoms with Crippen molar-refractivity contribution in [3.8, 4) is 5.75 Å². The van der Waals surface area contributed by atoms with Crippen molar-refractivity contribution in [1.29, 1.82) is 0 Å². The first kappa shape index (κ1) is 15.0. The highest BCUT2D eigenvalue weighted by molar-refractivity contribution is 7.55. The first-order valence-corrected chi connectivity index (χ1v) is 7.74. The quantitative estimate of drug-likeness (QED) is 0.852.